The number of fused-ring (bicyclic) bond motifs is 1. The molecule has 5 heteroatoms. The van der Waals surface area contributed by atoms with Crippen LogP contribution in [0.1, 0.15) is 52.7 Å². The van der Waals surface area contributed by atoms with Gasteiger partial charge in [0, 0.05) is 29.4 Å². The van der Waals surface area contributed by atoms with Crippen molar-refractivity contribution in [2.24, 2.45) is 5.73 Å². The van der Waals surface area contributed by atoms with Gasteiger partial charge in [0.15, 0.2) is 0 Å². The molecule has 2 N–H and O–H groups in total. The van der Waals surface area contributed by atoms with Gasteiger partial charge in [0.2, 0.25) is 0 Å². The monoisotopic (exact) mass is 418 g/mol. The van der Waals surface area contributed by atoms with Crippen molar-refractivity contribution in [3.63, 3.8) is 0 Å². The Bertz CT molecular complexity index is 831. The number of hydrogen-bond donors (Lipinski definition) is 1. The van der Waals surface area contributed by atoms with Crippen LogP contribution in [0.5, 0.6) is 5.75 Å². The second kappa shape index (κ2) is 11.7. The highest BCUT2D eigenvalue weighted by Crippen LogP contribution is 2.50. The number of rotatable bonds is 4. The van der Waals surface area contributed by atoms with Gasteiger partial charge in [0.1, 0.15) is 17.4 Å². The lowest BCUT2D eigenvalue weighted by molar-refractivity contribution is 0.413. The molecule has 1 heterocycles. The smallest absolute Gasteiger partial charge is 0.126 e. The number of allylic oxidation sites excluding steroid dienone is 2. The topological polar surface area (TPSA) is 38.5 Å². The third kappa shape index (κ3) is 5.39. The zero-order valence-electron chi connectivity index (χ0n) is 19.4. The maximum atomic E-state index is 13.7. The average Bonchev–Trinajstić information content (AvgIpc) is 2.95. The molecule has 3 rings (SSSR count). The van der Waals surface area contributed by atoms with Gasteiger partial charge in [-0.3, -0.25) is 0 Å². The van der Waals surface area contributed by atoms with Crippen molar-refractivity contribution in [2.75, 3.05) is 25.1 Å². The molecule has 2 aromatic rings. The summed E-state index contributed by atoms with van der Waals surface area (Å²) < 4.78 is 32.8. The van der Waals surface area contributed by atoms with E-state index >= 15 is 0 Å². The first-order chi connectivity index (χ1) is 14.3. The molecule has 0 aliphatic carbocycles. The lowest BCUT2D eigenvalue weighted by Gasteiger charge is -2.30. The van der Waals surface area contributed by atoms with Gasteiger partial charge in [0.25, 0.3) is 0 Å². The van der Waals surface area contributed by atoms with E-state index in [1.54, 1.807) is 7.11 Å². The molecule has 1 atom stereocenters. The molecular weight excluding hydrogens is 382 g/mol. The fourth-order valence-corrected chi connectivity index (χ4v) is 4.01. The number of methoxy groups -OCH3 is 1. The third-order valence-corrected chi connectivity index (χ3v) is 5.01. The summed E-state index contributed by atoms with van der Waals surface area (Å²) in [6.07, 6.45) is 2.60. The van der Waals surface area contributed by atoms with Crippen LogP contribution in [0, 0.1) is 11.6 Å². The van der Waals surface area contributed by atoms with Crippen LogP contribution >= 0.6 is 0 Å². The molecule has 30 heavy (non-hydrogen) atoms. The molecule has 1 aliphatic rings. The zero-order chi connectivity index (χ0) is 22.9. The molecular formula is C25H36F2N2O. The Morgan fingerprint density at radius 2 is 1.63 bits per heavy atom. The van der Waals surface area contributed by atoms with E-state index in [9.17, 15) is 8.78 Å². The maximum absolute atomic E-state index is 13.7. The Hall–Kier alpha value is -2.40. The van der Waals surface area contributed by atoms with Crippen LogP contribution in [0.3, 0.4) is 0 Å². The van der Waals surface area contributed by atoms with E-state index in [1.807, 2.05) is 39.8 Å². The van der Waals surface area contributed by atoms with Crippen LogP contribution in [0.2, 0.25) is 0 Å². The molecule has 0 radical (unpaired) electrons. The number of hydrogen-bond acceptors (Lipinski definition) is 3. The minimum Gasteiger partial charge on any atom is -0.497 e. The van der Waals surface area contributed by atoms with Crippen molar-refractivity contribution >= 4 is 5.69 Å². The number of ether oxygens (including phenoxy) is 1. The van der Waals surface area contributed by atoms with E-state index in [1.165, 1.54) is 12.1 Å². The molecule has 0 spiro atoms. The zero-order valence-corrected chi connectivity index (χ0v) is 19.4. The van der Waals surface area contributed by atoms with Crippen LogP contribution in [0.4, 0.5) is 14.5 Å². The quantitative estimate of drug-likeness (QED) is 0.642. The Labute approximate surface area is 180 Å². The van der Waals surface area contributed by atoms with Gasteiger partial charge in [-0.1, -0.05) is 26.8 Å². The van der Waals surface area contributed by atoms with Gasteiger partial charge in [-0.05, 0) is 75.2 Å². The molecule has 0 amide bonds. The summed E-state index contributed by atoms with van der Waals surface area (Å²) in [6, 6.07) is 9.77. The summed E-state index contributed by atoms with van der Waals surface area (Å²) in [5.41, 5.74) is 8.49. The van der Waals surface area contributed by atoms with Crippen LogP contribution in [-0.2, 0) is 11.8 Å². The summed E-state index contributed by atoms with van der Waals surface area (Å²) in [7, 11) is 1.64. The average molecular weight is 419 g/mol. The van der Waals surface area contributed by atoms with E-state index in [0.29, 0.717) is 12.0 Å². The number of halogens is 2. The minimum absolute atomic E-state index is 0.380. The van der Waals surface area contributed by atoms with E-state index in [-0.39, 0.29) is 5.41 Å². The van der Waals surface area contributed by atoms with Crippen molar-refractivity contribution in [3.05, 3.63) is 70.9 Å². The summed E-state index contributed by atoms with van der Waals surface area (Å²) in [4.78, 5) is 2.25. The molecule has 0 aromatic heterocycles. The first-order valence-electron chi connectivity index (χ1n) is 10.6. The predicted molar refractivity (Wildman–Crippen MR) is 123 cm³/mol. The number of benzene rings is 2. The molecule has 1 aliphatic heterocycles. The number of nitrogens with two attached hydrogens (primary N) is 1. The van der Waals surface area contributed by atoms with E-state index in [0.717, 1.165) is 41.9 Å². The summed E-state index contributed by atoms with van der Waals surface area (Å²) in [6.45, 7) is 13.7. The van der Waals surface area contributed by atoms with Gasteiger partial charge < -0.3 is 15.4 Å². The van der Waals surface area contributed by atoms with Crippen molar-refractivity contribution in [1.29, 1.82) is 0 Å². The third-order valence-electron chi connectivity index (χ3n) is 5.01. The molecule has 166 valence electrons. The van der Waals surface area contributed by atoms with Gasteiger partial charge >= 0.3 is 0 Å². The number of nitrogens with zero attached hydrogens (tertiary/aromatic N) is 1. The highest BCUT2D eigenvalue weighted by atomic mass is 19.1. The molecule has 0 fully saturated rings. The van der Waals surface area contributed by atoms with E-state index in [2.05, 4.69) is 30.9 Å². The lowest BCUT2D eigenvalue weighted by Crippen LogP contribution is -2.30. The van der Waals surface area contributed by atoms with Crippen molar-refractivity contribution in [3.8, 4) is 5.75 Å². The Morgan fingerprint density at radius 3 is 2.10 bits per heavy atom. The summed E-state index contributed by atoms with van der Waals surface area (Å²) >= 11 is 0. The second-order valence-electron chi connectivity index (χ2n) is 7.00. The normalized spacial score (nSPS) is 18.2. The minimum atomic E-state index is -0.545. The molecule has 0 saturated carbocycles. The van der Waals surface area contributed by atoms with E-state index < -0.39 is 11.6 Å². The highest BCUT2D eigenvalue weighted by molar-refractivity contribution is 5.72. The molecule has 2 aromatic carbocycles. The second-order valence-corrected chi connectivity index (χ2v) is 7.00. The van der Waals surface area contributed by atoms with Crippen LogP contribution < -0.4 is 15.4 Å². The fourth-order valence-electron chi connectivity index (χ4n) is 4.01. The first-order valence-corrected chi connectivity index (χ1v) is 10.6. The van der Waals surface area contributed by atoms with Crippen LogP contribution in [-0.4, -0.2) is 20.2 Å². The van der Waals surface area contributed by atoms with Gasteiger partial charge in [-0.25, -0.2) is 8.78 Å². The first kappa shape index (κ1) is 25.6. The van der Waals surface area contributed by atoms with Gasteiger partial charge in [0.05, 0.1) is 7.11 Å². The van der Waals surface area contributed by atoms with Crippen molar-refractivity contribution < 1.29 is 13.5 Å². The highest BCUT2D eigenvalue weighted by Gasteiger charge is 2.43. The Balaban J connectivity index is 0.000000826. The number of likely N-dealkylation sites (N-methyl/N-ethyl adjacent to an activating group) is 1. The SMILES string of the molecule is C/C=C1\N(CC)c2ccc(OC)cc2C1(C)Cc1cc(F)cc(F)c1.CC.CCN. The Morgan fingerprint density at radius 1 is 1.07 bits per heavy atom. The molecule has 3 nitrogen and oxygen atoms in total. The van der Waals surface area contributed by atoms with Crippen LogP contribution in [0.15, 0.2) is 48.2 Å². The standard InChI is InChI=1S/C21H23F2NO.C2H7N.C2H6/c1-5-20-21(3,13-14-9-15(22)11-16(23)10-14)18-12-17(25-4)7-8-19(18)24(20)6-2;1-2-3;1-2/h5,7-12H,6,13H2,1-4H3;2-3H2,1H3;1-2H3/b20-5-;;. The van der Waals surface area contributed by atoms with Crippen molar-refractivity contribution in [2.45, 2.75) is 53.4 Å². The molecule has 0 bridgehead atoms. The summed E-state index contributed by atoms with van der Waals surface area (Å²) in [5, 5.41) is 0. The van der Waals surface area contributed by atoms with Gasteiger partial charge in [-0.2, -0.15) is 0 Å². The van der Waals surface area contributed by atoms with E-state index in [4.69, 9.17) is 10.5 Å². The molecule has 1 unspecified atom stereocenters. The lowest BCUT2D eigenvalue weighted by atomic mass is 9.76. The fraction of sp³-hybridized carbons (Fsp3) is 0.440. The Kier molecular flexibility index (Phi) is 10.00. The maximum Gasteiger partial charge on any atom is 0.126 e. The van der Waals surface area contributed by atoms with Crippen molar-refractivity contribution in [1.82, 2.24) is 0 Å². The van der Waals surface area contributed by atoms with Gasteiger partial charge in [-0.15, -0.1) is 0 Å². The molecule has 0 saturated heterocycles. The summed E-state index contributed by atoms with van der Waals surface area (Å²) in [5.74, 6) is -0.308. The number of anilines is 1. The predicted octanol–water partition coefficient (Wildman–Crippen LogP) is 6.21. The van der Waals surface area contributed by atoms with Crippen LogP contribution in [0.25, 0.3) is 0 Å². The largest absolute Gasteiger partial charge is 0.497 e.